The fourth-order valence-electron chi connectivity index (χ4n) is 2.34. The highest BCUT2D eigenvalue weighted by molar-refractivity contribution is 6.33. The van der Waals surface area contributed by atoms with Gasteiger partial charge in [0.25, 0.3) is 0 Å². The molecule has 2 rings (SSSR count). The molecule has 0 aliphatic carbocycles. The smallest absolute Gasteiger partial charge is 0.355 e. The molecular weight excluding hydrogens is 307 g/mol. The third-order valence-corrected chi connectivity index (χ3v) is 3.63. The van der Waals surface area contributed by atoms with Gasteiger partial charge in [0.2, 0.25) is 5.91 Å². The molecule has 2 heterocycles. The van der Waals surface area contributed by atoms with Gasteiger partial charge in [-0.2, -0.15) is 13.2 Å². The molecule has 21 heavy (non-hydrogen) atoms. The lowest BCUT2D eigenvalue weighted by Crippen LogP contribution is -2.44. The molecular formula is C13H15ClF3N3O. The van der Waals surface area contributed by atoms with Crippen molar-refractivity contribution in [1.29, 1.82) is 0 Å². The summed E-state index contributed by atoms with van der Waals surface area (Å²) in [6.07, 6.45) is -2.24. The highest BCUT2D eigenvalue weighted by Gasteiger charge is 2.32. The first-order chi connectivity index (χ1) is 9.77. The van der Waals surface area contributed by atoms with Crippen molar-refractivity contribution >= 4 is 23.3 Å². The summed E-state index contributed by atoms with van der Waals surface area (Å²) in [7, 11) is 0. The van der Waals surface area contributed by atoms with Gasteiger partial charge >= 0.3 is 6.18 Å². The lowest BCUT2D eigenvalue weighted by molar-refractivity contribution is -0.137. The maximum atomic E-state index is 12.6. The van der Waals surface area contributed by atoms with Crippen LogP contribution in [0.1, 0.15) is 25.3 Å². The van der Waals surface area contributed by atoms with Crippen LogP contribution >= 0.6 is 11.6 Å². The van der Waals surface area contributed by atoms with E-state index in [1.807, 2.05) is 4.90 Å². The number of pyridine rings is 1. The Bertz CT molecular complexity index is 528. The van der Waals surface area contributed by atoms with Gasteiger partial charge in [-0.05, 0) is 18.9 Å². The van der Waals surface area contributed by atoms with Crippen molar-refractivity contribution in [3.63, 3.8) is 0 Å². The lowest BCUT2D eigenvalue weighted by Gasteiger charge is -2.33. The Labute approximate surface area is 125 Å². The summed E-state index contributed by atoms with van der Waals surface area (Å²) >= 11 is 5.92. The number of halogens is 4. The summed E-state index contributed by atoms with van der Waals surface area (Å²) in [5.41, 5.74) is -0.857. The third kappa shape index (κ3) is 4.00. The summed E-state index contributed by atoms with van der Waals surface area (Å²) in [5.74, 6) is 0.269. The second-order valence-electron chi connectivity index (χ2n) is 4.99. The Morgan fingerprint density at radius 3 is 2.52 bits per heavy atom. The first kappa shape index (κ1) is 15.9. The molecule has 1 N–H and O–H groups in total. The van der Waals surface area contributed by atoms with Crippen molar-refractivity contribution in [2.75, 3.05) is 18.0 Å². The van der Waals surface area contributed by atoms with Crippen LogP contribution in [0.3, 0.4) is 0 Å². The minimum atomic E-state index is -4.45. The van der Waals surface area contributed by atoms with Crippen LogP contribution in [0.25, 0.3) is 0 Å². The third-order valence-electron chi connectivity index (χ3n) is 3.35. The van der Waals surface area contributed by atoms with E-state index >= 15 is 0 Å². The van der Waals surface area contributed by atoms with E-state index in [2.05, 4.69) is 10.3 Å². The van der Waals surface area contributed by atoms with Crippen LogP contribution in [-0.2, 0) is 11.0 Å². The lowest BCUT2D eigenvalue weighted by atomic mass is 10.0. The van der Waals surface area contributed by atoms with Gasteiger partial charge in [0, 0.05) is 32.3 Å². The standard InChI is InChI=1S/C13H15ClF3N3O/c1-8(21)19-10-2-4-20(5-3-10)12-11(14)6-9(7-18-12)13(15,16)17/h6-7,10H,2-5H2,1H3,(H,19,21). The second-order valence-corrected chi connectivity index (χ2v) is 5.40. The second kappa shape index (κ2) is 6.09. The molecule has 0 atom stereocenters. The van der Waals surface area contributed by atoms with E-state index in [1.54, 1.807) is 0 Å². The summed E-state index contributed by atoms with van der Waals surface area (Å²) in [6, 6.07) is 0.982. The van der Waals surface area contributed by atoms with Crippen LogP contribution in [-0.4, -0.2) is 30.0 Å². The number of hydrogen-bond donors (Lipinski definition) is 1. The molecule has 1 aliphatic rings. The number of nitrogens with zero attached hydrogens (tertiary/aromatic N) is 2. The number of hydrogen-bond acceptors (Lipinski definition) is 3. The molecule has 0 spiro atoms. The average molecular weight is 322 g/mol. The number of carbonyl (C=O) groups is 1. The summed E-state index contributed by atoms with van der Waals surface area (Å²) in [5, 5.41) is 2.82. The predicted molar refractivity (Wildman–Crippen MR) is 73.3 cm³/mol. The van der Waals surface area contributed by atoms with Crippen LogP contribution < -0.4 is 10.2 Å². The van der Waals surface area contributed by atoms with Crippen molar-refractivity contribution in [2.45, 2.75) is 32.0 Å². The van der Waals surface area contributed by atoms with Gasteiger partial charge in [0.1, 0.15) is 5.82 Å². The Balaban J connectivity index is 2.05. The molecule has 0 bridgehead atoms. The van der Waals surface area contributed by atoms with Crippen molar-refractivity contribution in [2.24, 2.45) is 0 Å². The van der Waals surface area contributed by atoms with E-state index in [0.717, 1.165) is 12.3 Å². The van der Waals surface area contributed by atoms with Gasteiger partial charge in [0.05, 0.1) is 10.6 Å². The predicted octanol–water partition coefficient (Wildman–Crippen LogP) is 2.86. The van der Waals surface area contributed by atoms with Crippen molar-refractivity contribution < 1.29 is 18.0 Å². The Hall–Kier alpha value is -1.50. The number of nitrogens with one attached hydrogen (secondary N) is 1. The minimum absolute atomic E-state index is 0.0113. The van der Waals surface area contributed by atoms with E-state index in [1.165, 1.54) is 6.92 Å². The highest BCUT2D eigenvalue weighted by atomic mass is 35.5. The molecule has 1 aliphatic heterocycles. The van der Waals surface area contributed by atoms with Crippen LogP contribution in [0.5, 0.6) is 0 Å². The van der Waals surface area contributed by atoms with Crippen LogP contribution in [0.15, 0.2) is 12.3 Å². The molecule has 0 unspecified atom stereocenters. The van der Waals surface area contributed by atoms with Gasteiger partial charge in [-0.15, -0.1) is 0 Å². The number of piperidine rings is 1. The number of amides is 1. The monoisotopic (exact) mass is 321 g/mol. The minimum Gasteiger partial charge on any atom is -0.355 e. The zero-order valence-corrected chi connectivity index (χ0v) is 12.1. The van der Waals surface area contributed by atoms with E-state index in [-0.39, 0.29) is 17.0 Å². The first-order valence-electron chi connectivity index (χ1n) is 6.52. The number of anilines is 1. The zero-order chi connectivity index (χ0) is 15.6. The van der Waals surface area contributed by atoms with Gasteiger partial charge in [-0.3, -0.25) is 4.79 Å². The number of aromatic nitrogens is 1. The number of alkyl halides is 3. The highest BCUT2D eigenvalue weighted by Crippen LogP contribution is 2.34. The van der Waals surface area contributed by atoms with Crippen LogP contribution in [0.4, 0.5) is 19.0 Å². The molecule has 0 radical (unpaired) electrons. The molecule has 8 heteroatoms. The molecule has 0 saturated carbocycles. The van der Waals surface area contributed by atoms with Gasteiger partial charge in [-0.25, -0.2) is 4.98 Å². The van der Waals surface area contributed by atoms with Crippen molar-refractivity contribution in [3.05, 3.63) is 22.8 Å². The van der Waals surface area contributed by atoms with E-state index in [4.69, 9.17) is 11.6 Å². The molecule has 1 fully saturated rings. The molecule has 1 saturated heterocycles. The largest absolute Gasteiger partial charge is 0.417 e. The quantitative estimate of drug-likeness (QED) is 0.911. The van der Waals surface area contributed by atoms with Crippen LogP contribution in [0.2, 0.25) is 5.02 Å². The topological polar surface area (TPSA) is 45.2 Å². The molecule has 1 aromatic rings. The Kier molecular flexibility index (Phi) is 4.61. The molecule has 1 aromatic heterocycles. The Morgan fingerprint density at radius 2 is 2.05 bits per heavy atom. The van der Waals surface area contributed by atoms with Gasteiger partial charge in [0.15, 0.2) is 0 Å². The summed E-state index contributed by atoms with van der Waals surface area (Å²) < 4.78 is 37.7. The van der Waals surface area contributed by atoms with E-state index < -0.39 is 11.7 Å². The number of carbonyl (C=O) groups excluding carboxylic acids is 1. The molecule has 4 nitrogen and oxygen atoms in total. The molecule has 1 amide bonds. The fourth-order valence-corrected chi connectivity index (χ4v) is 2.63. The van der Waals surface area contributed by atoms with Gasteiger partial charge < -0.3 is 10.2 Å². The molecule has 116 valence electrons. The Morgan fingerprint density at radius 1 is 1.43 bits per heavy atom. The van der Waals surface area contributed by atoms with E-state index in [0.29, 0.717) is 31.7 Å². The normalized spacial score (nSPS) is 16.9. The SMILES string of the molecule is CC(=O)NC1CCN(c2ncc(C(F)(F)F)cc2Cl)CC1. The summed E-state index contributed by atoms with van der Waals surface area (Å²) in [4.78, 5) is 16.7. The fraction of sp³-hybridized carbons (Fsp3) is 0.538. The first-order valence-corrected chi connectivity index (χ1v) is 6.90. The van der Waals surface area contributed by atoms with Crippen LogP contribution in [0, 0.1) is 0 Å². The maximum absolute atomic E-state index is 12.6. The number of rotatable bonds is 2. The van der Waals surface area contributed by atoms with Crippen molar-refractivity contribution in [1.82, 2.24) is 10.3 Å². The zero-order valence-electron chi connectivity index (χ0n) is 11.4. The molecule has 0 aromatic carbocycles. The summed E-state index contributed by atoms with van der Waals surface area (Å²) in [6.45, 7) is 2.63. The average Bonchev–Trinajstić information content (AvgIpc) is 2.38. The van der Waals surface area contributed by atoms with E-state index in [9.17, 15) is 18.0 Å². The van der Waals surface area contributed by atoms with Gasteiger partial charge in [-0.1, -0.05) is 11.6 Å². The maximum Gasteiger partial charge on any atom is 0.417 e. The van der Waals surface area contributed by atoms with Crippen molar-refractivity contribution in [3.8, 4) is 0 Å².